The van der Waals surface area contributed by atoms with Crippen molar-refractivity contribution in [3.8, 4) is 0 Å². The molecule has 0 atom stereocenters. The second-order valence-electron chi connectivity index (χ2n) is 6.95. The molecule has 0 aromatic heterocycles. The third kappa shape index (κ3) is 5.39. The predicted molar refractivity (Wildman–Crippen MR) is 107 cm³/mol. The molecule has 2 aromatic rings. The number of carbonyl (C=O) groups excluding carboxylic acids is 5. The highest BCUT2D eigenvalue weighted by Crippen LogP contribution is 2.17. The van der Waals surface area contributed by atoms with E-state index in [4.69, 9.17) is 4.74 Å². The van der Waals surface area contributed by atoms with E-state index >= 15 is 0 Å². The molecule has 1 fully saturated rings. The van der Waals surface area contributed by atoms with E-state index in [1.54, 1.807) is 12.1 Å². The topological polar surface area (TPSA) is 110 Å². The molecule has 3 rings (SSSR count). The zero-order chi connectivity index (χ0) is 22.5. The first-order valence-corrected chi connectivity index (χ1v) is 9.44. The number of imide groups is 1. The van der Waals surface area contributed by atoms with E-state index < -0.39 is 24.2 Å². The van der Waals surface area contributed by atoms with Crippen LogP contribution in [0.1, 0.15) is 46.0 Å². The summed E-state index contributed by atoms with van der Waals surface area (Å²) in [6.45, 7) is 0.738. The quantitative estimate of drug-likeness (QED) is 0.414. The minimum Gasteiger partial charge on any atom is -0.454 e. The Morgan fingerprint density at radius 3 is 2.26 bits per heavy atom. The van der Waals surface area contributed by atoms with Gasteiger partial charge in [0, 0.05) is 25.5 Å². The van der Waals surface area contributed by atoms with Crippen LogP contribution in [0.2, 0.25) is 0 Å². The minimum absolute atomic E-state index is 0.124. The van der Waals surface area contributed by atoms with Crippen LogP contribution in [0.4, 0.5) is 10.1 Å². The Kier molecular flexibility index (Phi) is 6.54. The summed E-state index contributed by atoms with van der Waals surface area (Å²) in [5, 5.41) is 2.40. The number of likely N-dealkylation sites (tertiary alicyclic amines) is 1. The molecule has 0 unspecified atom stereocenters. The van der Waals surface area contributed by atoms with Gasteiger partial charge >= 0.3 is 5.97 Å². The van der Waals surface area contributed by atoms with E-state index in [9.17, 15) is 28.4 Å². The third-order valence-electron chi connectivity index (χ3n) is 4.61. The molecule has 31 heavy (non-hydrogen) atoms. The van der Waals surface area contributed by atoms with Gasteiger partial charge in [-0.25, -0.2) is 9.18 Å². The summed E-state index contributed by atoms with van der Waals surface area (Å²) in [6.07, 6.45) is 0.404. The first-order valence-electron chi connectivity index (χ1n) is 9.44. The van der Waals surface area contributed by atoms with E-state index in [-0.39, 0.29) is 53.9 Å². The number of ether oxygens (including phenoxy) is 1. The Bertz CT molecular complexity index is 1050. The van der Waals surface area contributed by atoms with E-state index in [1.807, 2.05) is 0 Å². The smallest absolute Gasteiger partial charge is 0.338 e. The monoisotopic (exact) mass is 426 g/mol. The van der Waals surface area contributed by atoms with Crippen molar-refractivity contribution in [2.24, 2.45) is 0 Å². The zero-order valence-corrected chi connectivity index (χ0v) is 16.6. The Balaban J connectivity index is 1.56. The highest BCUT2D eigenvalue weighted by Gasteiger charge is 2.28. The van der Waals surface area contributed by atoms with Crippen LogP contribution in [-0.2, 0) is 25.7 Å². The van der Waals surface area contributed by atoms with Gasteiger partial charge in [0.2, 0.25) is 23.5 Å². The van der Waals surface area contributed by atoms with E-state index in [2.05, 4.69) is 5.32 Å². The molecule has 0 aliphatic carbocycles. The second-order valence-corrected chi connectivity index (χ2v) is 6.95. The van der Waals surface area contributed by atoms with Crippen molar-refractivity contribution in [2.45, 2.75) is 26.3 Å². The van der Waals surface area contributed by atoms with Gasteiger partial charge in [0.25, 0.3) is 0 Å². The number of benzene rings is 2. The van der Waals surface area contributed by atoms with Crippen LogP contribution in [0.3, 0.4) is 0 Å². The van der Waals surface area contributed by atoms with Crippen LogP contribution < -0.4 is 5.32 Å². The first kappa shape index (κ1) is 21.8. The normalized spacial score (nSPS) is 13.3. The maximum absolute atomic E-state index is 14.1. The second kappa shape index (κ2) is 9.29. The van der Waals surface area contributed by atoms with Crippen LogP contribution in [0, 0.1) is 5.82 Å². The third-order valence-corrected chi connectivity index (χ3v) is 4.61. The molecule has 0 radical (unpaired) electrons. The molecule has 160 valence electrons. The summed E-state index contributed by atoms with van der Waals surface area (Å²) in [5.74, 6) is -3.19. The van der Waals surface area contributed by atoms with Gasteiger partial charge in [0.15, 0.2) is 6.61 Å². The van der Waals surface area contributed by atoms with Crippen molar-refractivity contribution in [3.63, 3.8) is 0 Å². The number of halogens is 1. The van der Waals surface area contributed by atoms with Crippen molar-refractivity contribution in [3.05, 3.63) is 65.0 Å². The van der Waals surface area contributed by atoms with Gasteiger partial charge in [-0.05, 0) is 35.9 Å². The maximum Gasteiger partial charge on any atom is 0.338 e. The fourth-order valence-electron chi connectivity index (χ4n) is 3.04. The lowest BCUT2D eigenvalue weighted by molar-refractivity contribution is -0.139. The number of nitrogens with zero attached hydrogens (tertiary/aromatic N) is 1. The highest BCUT2D eigenvalue weighted by atomic mass is 19.1. The lowest BCUT2D eigenvalue weighted by Gasteiger charge is -2.13. The predicted octanol–water partition coefficient (Wildman–Crippen LogP) is 2.47. The molecule has 1 aliphatic rings. The zero-order valence-electron chi connectivity index (χ0n) is 16.6. The van der Waals surface area contributed by atoms with E-state index in [1.165, 1.54) is 31.2 Å². The lowest BCUT2D eigenvalue weighted by atomic mass is 10.1. The minimum atomic E-state index is -0.845. The Morgan fingerprint density at radius 1 is 1.03 bits per heavy atom. The highest BCUT2D eigenvalue weighted by molar-refractivity contribution is 6.02. The molecule has 1 aliphatic heterocycles. The molecule has 2 aromatic carbocycles. The number of ketones is 1. The van der Waals surface area contributed by atoms with Crippen LogP contribution in [-0.4, -0.2) is 41.0 Å². The SMILES string of the molecule is CC(=O)Nc1ccc(C(=O)COC(=O)c2ccc(CN3C(=O)CCC3=O)cc2)c(F)c1. The number of hydrogen-bond donors (Lipinski definition) is 1. The first-order chi connectivity index (χ1) is 14.7. The molecule has 0 bridgehead atoms. The van der Waals surface area contributed by atoms with E-state index in [0.29, 0.717) is 5.56 Å². The fourth-order valence-corrected chi connectivity index (χ4v) is 3.04. The molecular weight excluding hydrogens is 407 g/mol. The van der Waals surface area contributed by atoms with Crippen LogP contribution in [0.25, 0.3) is 0 Å². The molecule has 8 nitrogen and oxygen atoms in total. The van der Waals surface area contributed by atoms with Crippen LogP contribution in [0.15, 0.2) is 42.5 Å². The summed E-state index contributed by atoms with van der Waals surface area (Å²) in [4.78, 5) is 59.8. The summed E-state index contributed by atoms with van der Waals surface area (Å²) >= 11 is 0. The number of carbonyl (C=O) groups is 5. The van der Waals surface area contributed by atoms with Gasteiger partial charge < -0.3 is 10.1 Å². The molecule has 1 saturated heterocycles. The molecule has 3 amide bonds. The van der Waals surface area contributed by atoms with Crippen molar-refractivity contribution >= 4 is 35.2 Å². The molecule has 9 heteroatoms. The van der Waals surface area contributed by atoms with Gasteiger partial charge in [-0.15, -0.1) is 0 Å². The van der Waals surface area contributed by atoms with Gasteiger partial charge in [0.05, 0.1) is 17.7 Å². The molecule has 1 heterocycles. The molecular formula is C22H19FN2O6. The van der Waals surface area contributed by atoms with Crippen molar-refractivity contribution in [2.75, 3.05) is 11.9 Å². The number of amides is 3. The van der Waals surface area contributed by atoms with Crippen molar-refractivity contribution in [1.82, 2.24) is 4.90 Å². The number of anilines is 1. The van der Waals surface area contributed by atoms with Gasteiger partial charge in [0.1, 0.15) is 5.82 Å². The largest absolute Gasteiger partial charge is 0.454 e. The van der Waals surface area contributed by atoms with Crippen LogP contribution in [0.5, 0.6) is 0 Å². The maximum atomic E-state index is 14.1. The number of esters is 1. The van der Waals surface area contributed by atoms with Crippen molar-refractivity contribution in [1.29, 1.82) is 0 Å². The standard InChI is InChI=1S/C22H19FN2O6/c1-13(26)24-16-6-7-17(18(23)10-16)19(27)12-31-22(30)15-4-2-14(3-5-15)11-25-20(28)8-9-21(25)29/h2-7,10H,8-9,11-12H2,1H3,(H,24,26). The molecule has 0 saturated carbocycles. The van der Waals surface area contributed by atoms with E-state index in [0.717, 1.165) is 11.0 Å². The van der Waals surface area contributed by atoms with Crippen molar-refractivity contribution < 1.29 is 33.1 Å². The number of hydrogen-bond acceptors (Lipinski definition) is 6. The Hall–Kier alpha value is -3.88. The Morgan fingerprint density at radius 2 is 1.68 bits per heavy atom. The summed E-state index contributed by atoms with van der Waals surface area (Å²) in [7, 11) is 0. The summed E-state index contributed by atoms with van der Waals surface area (Å²) in [6, 6.07) is 9.65. The summed E-state index contributed by atoms with van der Waals surface area (Å²) in [5.41, 5.74) is 0.767. The number of nitrogens with one attached hydrogen (secondary N) is 1. The summed E-state index contributed by atoms with van der Waals surface area (Å²) < 4.78 is 19.1. The molecule has 0 spiro atoms. The van der Waals surface area contributed by atoms with Gasteiger partial charge in [-0.1, -0.05) is 12.1 Å². The number of Topliss-reactive ketones (excluding diaryl/α,β-unsaturated/α-hetero) is 1. The molecule has 1 N–H and O–H groups in total. The van der Waals surface area contributed by atoms with Crippen LogP contribution >= 0.6 is 0 Å². The average molecular weight is 426 g/mol. The van der Waals surface area contributed by atoms with Gasteiger partial charge in [-0.3, -0.25) is 24.1 Å². The van der Waals surface area contributed by atoms with Gasteiger partial charge in [-0.2, -0.15) is 0 Å². The lowest BCUT2D eigenvalue weighted by Crippen LogP contribution is -2.28. The number of rotatable bonds is 7. The Labute approximate surface area is 177 Å². The fraction of sp³-hybridized carbons (Fsp3) is 0.227. The average Bonchev–Trinajstić information content (AvgIpc) is 3.04.